The van der Waals surface area contributed by atoms with Gasteiger partial charge in [0.25, 0.3) is 0 Å². The molecule has 2 atom stereocenters. The quantitative estimate of drug-likeness (QED) is 0.100. The normalized spacial score (nSPS) is 16.4. The first kappa shape index (κ1) is 37.5. The molecule has 0 N–H and O–H groups in total. The summed E-state index contributed by atoms with van der Waals surface area (Å²) in [6.45, 7) is 8.80. The molecule has 2 nitrogen and oxygen atoms in total. The summed E-state index contributed by atoms with van der Waals surface area (Å²) in [5.41, 5.74) is 14.4. The molecule has 286 valence electrons. The summed E-state index contributed by atoms with van der Waals surface area (Å²) < 4.78 is 6.67. The topological polar surface area (TPSA) is 21.6 Å². The number of hydrogen-bond donors (Lipinski definition) is 0. The van der Waals surface area contributed by atoms with Gasteiger partial charge in [-0.05, 0) is 93.1 Å². The lowest BCUT2D eigenvalue weighted by atomic mass is 9.62. The minimum atomic E-state index is -0.643. The van der Waals surface area contributed by atoms with Gasteiger partial charge in [0, 0.05) is 11.1 Å². The Bertz CT molecular complexity index is 2690. The van der Waals surface area contributed by atoms with Crippen LogP contribution < -0.4 is 4.74 Å². The van der Waals surface area contributed by atoms with Crippen LogP contribution in [0.15, 0.2) is 235 Å². The average Bonchev–Trinajstić information content (AvgIpc) is 3.30. The van der Waals surface area contributed by atoms with Crippen molar-refractivity contribution in [2.75, 3.05) is 0 Å². The van der Waals surface area contributed by atoms with Crippen LogP contribution >= 0.6 is 0 Å². The van der Waals surface area contributed by atoms with Gasteiger partial charge in [-0.3, -0.25) is 4.99 Å². The average molecular weight is 762 g/mol. The maximum atomic E-state index is 6.67. The van der Waals surface area contributed by atoms with Crippen LogP contribution in [0.3, 0.4) is 0 Å². The first-order valence-corrected chi connectivity index (χ1v) is 20.6. The van der Waals surface area contributed by atoms with Crippen molar-refractivity contribution in [1.82, 2.24) is 0 Å². The zero-order valence-electron chi connectivity index (χ0n) is 33.6. The molecule has 9 rings (SSSR count). The van der Waals surface area contributed by atoms with E-state index in [0.29, 0.717) is 5.92 Å². The van der Waals surface area contributed by atoms with Gasteiger partial charge in [-0.2, -0.15) is 0 Å². The lowest BCUT2D eigenvalue weighted by Gasteiger charge is -2.42. The summed E-state index contributed by atoms with van der Waals surface area (Å²) in [5.74, 6) is 2.11. The van der Waals surface area contributed by atoms with Crippen molar-refractivity contribution in [2.24, 2.45) is 10.9 Å². The van der Waals surface area contributed by atoms with E-state index in [1.165, 1.54) is 44.5 Å². The van der Waals surface area contributed by atoms with Crippen molar-refractivity contribution in [3.63, 3.8) is 0 Å². The second-order valence-corrected chi connectivity index (χ2v) is 15.6. The number of nitrogens with zero attached hydrogens (tertiary/aromatic N) is 1. The maximum absolute atomic E-state index is 6.67. The molecule has 0 aromatic heterocycles. The summed E-state index contributed by atoms with van der Waals surface area (Å²) in [5, 5.41) is 0. The number of benzene rings is 7. The van der Waals surface area contributed by atoms with Gasteiger partial charge in [0.2, 0.25) is 0 Å². The molecule has 7 aromatic carbocycles. The second-order valence-electron chi connectivity index (χ2n) is 15.6. The van der Waals surface area contributed by atoms with Crippen LogP contribution in [0.2, 0.25) is 0 Å². The highest BCUT2D eigenvalue weighted by atomic mass is 16.5. The van der Waals surface area contributed by atoms with E-state index in [4.69, 9.17) is 9.73 Å². The van der Waals surface area contributed by atoms with Crippen molar-refractivity contribution in [3.8, 4) is 22.6 Å². The van der Waals surface area contributed by atoms with Gasteiger partial charge in [-0.25, -0.2) is 0 Å². The fourth-order valence-electron chi connectivity index (χ4n) is 8.99. The Labute approximate surface area is 348 Å². The molecule has 0 fully saturated rings. The van der Waals surface area contributed by atoms with E-state index in [1.807, 2.05) is 12.1 Å². The molecule has 1 aliphatic heterocycles. The number of fused-ring (bicyclic) bond motifs is 2. The fourth-order valence-corrected chi connectivity index (χ4v) is 8.99. The van der Waals surface area contributed by atoms with Gasteiger partial charge in [-0.15, -0.1) is 6.58 Å². The van der Waals surface area contributed by atoms with Crippen LogP contribution in [0.25, 0.3) is 16.7 Å². The summed E-state index contributed by atoms with van der Waals surface area (Å²) in [6.07, 6.45) is 9.87. The molecule has 59 heavy (non-hydrogen) atoms. The number of para-hydroxylation sites is 2. The molecule has 7 aromatic rings. The summed E-state index contributed by atoms with van der Waals surface area (Å²) >= 11 is 0. The van der Waals surface area contributed by atoms with E-state index in [-0.39, 0.29) is 6.04 Å². The van der Waals surface area contributed by atoms with Crippen molar-refractivity contribution in [2.45, 2.75) is 31.7 Å². The predicted molar refractivity (Wildman–Crippen MR) is 246 cm³/mol. The van der Waals surface area contributed by atoms with Crippen molar-refractivity contribution < 1.29 is 4.74 Å². The van der Waals surface area contributed by atoms with Crippen molar-refractivity contribution >= 4 is 11.3 Å². The Kier molecular flexibility index (Phi) is 10.5. The Morgan fingerprint density at radius 1 is 0.644 bits per heavy atom. The van der Waals surface area contributed by atoms with Gasteiger partial charge in [0.15, 0.2) is 0 Å². The molecular weight excluding hydrogens is 715 g/mol. The Morgan fingerprint density at radius 3 is 1.83 bits per heavy atom. The molecule has 0 amide bonds. The predicted octanol–water partition coefficient (Wildman–Crippen LogP) is 14.6. The van der Waals surface area contributed by atoms with Crippen molar-refractivity contribution in [3.05, 3.63) is 269 Å². The van der Waals surface area contributed by atoms with E-state index < -0.39 is 5.41 Å². The van der Waals surface area contributed by atoms with Gasteiger partial charge in [-0.1, -0.05) is 201 Å². The van der Waals surface area contributed by atoms with Gasteiger partial charge < -0.3 is 4.74 Å². The van der Waals surface area contributed by atoms with E-state index in [1.54, 1.807) is 0 Å². The highest BCUT2D eigenvalue weighted by Gasteiger charge is 2.46. The molecule has 2 heteroatoms. The number of ether oxygens (including phenoxy) is 1. The first-order valence-electron chi connectivity index (χ1n) is 20.6. The Balaban J connectivity index is 1.25. The summed E-state index contributed by atoms with van der Waals surface area (Å²) in [7, 11) is 0. The smallest absolute Gasteiger partial charge is 0.132 e. The molecule has 0 radical (unpaired) electrons. The van der Waals surface area contributed by atoms with E-state index in [2.05, 4.69) is 221 Å². The molecule has 1 aliphatic carbocycles. The number of allylic oxidation sites excluding steroid dienone is 6. The van der Waals surface area contributed by atoms with Crippen molar-refractivity contribution in [1.29, 1.82) is 0 Å². The van der Waals surface area contributed by atoms with E-state index in [9.17, 15) is 0 Å². The van der Waals surface area contributed by atoms with Crippen LogP contribution in [0.5, 0.6) is 11.5 Å². The highest BCUT2D eigenvalue weighted by Crippen LogP contribution is 2.56. The Hall–Kier alpha value is -7.03. The third-order valence-electron chi connectivity index (χ3n) is 11.8. The third kappa shape index (κ3) is 7.13. The standard InChI is InChI=1S/C57H47NO/c1-4-53(44-22-10-6-11-23-44)58-54(45-35-33-43(34-36-45)42-20-8-5-9-21-42)39-41(3)49-38-40(2)32-37-47(49)48-26-14-15-27-50(48)57(46-24-12-7-13-25-46)51-28-16-18-30-55(51)59-56-31-19-17-29-52(56)57/h4-37,39-40,53H,1,38H2,2-3H3/b41-39+,58-54+/t40?,53-/m1/s1. The van der Waals surface area contributed by atoms with Crippen LogP contribution in [0.4, 0.5) is 0 Å². The van der Waals surface area contributed by atoms with Crippen LogP contribution in [-0.2, 0) is 5.41 Å². The molecule has 0 saturated heterocycles. The van der Waals surface area contributed by atoms with Gasteiger partial charge in [0.05, 0.1) is 17.2 Å². The van der Waals surface area contributed by atoms with Crippen LogP contribution in [-0.4, -0.2) is 5.71 Å². The van der Waals surface area contributed by atoms with Gasteiger partial charge >= 0.3 is 0 Å². The molecule has 2 aliphatic rings. The number of rotatable bonds is 10. The zero-order chi connectivity index (χ0) is 40.2. The number of aliphatic imine (C=N–C) groups is 1. The minimum absolute atomic E-state index is 0.206. The summed E-state index contributed by atoms with van der Waals surface area (Å²) in [6, 6.07) is 66.6. The number of hydrogen-bond acceptors (Lipinski definition) is 2. The summed E-state index contributed by atoms with van der Waals surface area (Å²) in [4.78, 5) is 5.45. The third-order valence-corrected chi connectivity index (χ3v) is 11.8. The SMILES string of the molecule is C=C[C@@H](/N=C(\C=C(/C)C1=C(c2ccccc2C2(c3ccccc3)c3ccccc3Oc3ccccc32)C=CC(C)C1)c1ccc(-c2ccccc2)cc1)c1ccccc1. The first-order chi connectivity index (χ1) is 29.0. The maximum Gasteiger partial charge on any atom is 0.132 e. The van der Waals surface area contributed by atoms with Crippen LogP contribution in [0, 0.1) is 5.92 Å². The molecule has 0 bridgehead atoms. The monoisotopic (exact) mass is 761 g/mol. The second kappa shape index (κ2) is 16.4. The van der Waals surface area contributed by atoms with Crippen LogP contribution in [0.1, 0.15) is 65.3 Å². The lowest BCUT2D eigenvalue weighted by Crippen LogP contribution is -2.35. The lowest BCUT2D eigenvalue weighted by molar-refractivity contribution is 0.434. The molecular formula is C57H47NO. The largest absolute Gasteiger partial charge is 0.457 e. The molecule has 0 saturated carbocycles. The minimum Gasteiger partial charge on any atom is -0.457 e. The fraction of sp³-hybridized carbons (Fsp3) is 0.105. The zero-order valence-corrected chi connectivity index (χ0v) is 33.6. The van der Waals surface area contributed by atoms with E-state index in [0.717, 1.165) is 45.9 Å². The molecule has 0 spiro atoms. The molecule has 1 unspecified atom stereocenters. The van der Waals surface area contributed by atoms with Gasteiger partial charge in [0.1, 0.15) is 11.5 Å². The highest BCUT2D eigenvalue weighted by molar-refractivity contribution is 6.10. The van der Waals surface area contributed by atoms with E-state index >= 15 is 0 Å². The Morgan fingerprint density at radius 2 is 1.19 bits per heavy atom. The molecule has 1 heterocycles.